The number of rotatable bonds is 4. The van der Waals surface area contributed by atoms with Crippen LogP contribution in [0.4, 0.5) is 11.4 Å². The summed E-state index contributed by atoms with van der Waals surface area (Å²) in [5, 5.41) is 31.1. The highest BCUT2D eigenvalue weighted by molar-refractivity contribution is 6.30. The maximum Gasteiger partial charge on any atom is 0.339 e. The molecule has 11 heteroatoms. The van der Waals surface area contributed by atoms with E-state index in [1.165, 1.54) is 23.1 Å². The fraction of sp³-hybridized carbons (Fsp3) is 0.265. The highest BCUT2D eigenvalue weighted by atomic mass is 35.5. The number of fused-ring (bicyclic) bond motifs is 4. The van der Waals surface area contributed by atoms with Crippen LogP contribution in [-0.4, -0.2) is 44.9 Å². The van der Waals surface area contributed by atoms with Gasteiger partial charge in [-0.25, -0.2) is 14.6 Å². The number of carbonyl (C=O) groups excluding carboxylic acids is 4. The molecule has 2 aliphatic heterocycles. The molecular weight excluding hydrogens is 600 g/mol. The first-order valence-electron chi connectivity index (χ1n) is 14.5. The number of imide groups is 2. The molecule has 7 rings (SSSR count). The van der Waals surface area contributed by atoms with Gasteiger partial charge in [0.25, 0.3) is 0 Å². The Labute approximate surface area is 262 Å². The van der Waals surface area contributed by atoms with Crippen LogP contribution in [0.15, 0.2) is 78.4 Å². The number of benzene rings is 3. The van der Waals surface area contributed by atoms with Crippen molar-refractivity contribution in [3.05, 3.63) is 94.5 Å². The zero-order valence-electron chi connectivity index (χ0n) is 23.9. The van der Waals surface area contributed by atoms with Crippen LogP contribution in [0.2, 0.25) is 5.02 Å². The maximum atomic E-state index is 14.4. The molecule has 4 amide bonds. The van der Waals surface area contributed by atoms with Gasteiger partial charge < -0.3 is 15.3 Å². The van der Waals surface area contributed by atoms with E-state index in [9.17, 15) is 39.3 Å². The number of carboxylic acid groups (broad SMARTS) is 1. The molecule has 3 aromatic carbocycles. The van der Waals surface area contributed by atoms with Crippen LogP contribution in [0.5, 0.6) is 11.5 Å². The van der Waals surface area contributed by atoms with Gasteiger partial charge in [-0.05, 0) is 68.1 Å². The molecule has 45 heavy (non-hydrogen) atoms. The van der Waals surface area contributed by atoms with Crippen molar-refractivity contribution >= 4 is 52.6 Å². The Bertz CT molecular complexity index is 1870. The zero-order valence-corrected chi connectivity index (χ0v) is 24.6. The number of hydrogen-bond acceptors (Lipinski definition) is 7. The quantitative estimate of drug-likeness (QED) is 0.274. The molecule has 10 nitrogen and oxygen atoms in total. The predicted octanol–water partition coefficient (Wildman–Crippen LogP) is 4.88. The molecule has 3 aromatic rings. The summed E-state index contributed by atoms with van der Waals surface area (Å²) in [6.07, 6.45) is 2.13. The summed E-state index contributed by atoms with van der Waals surface area (Å²) >= 11 is 6.40. The van der Waals surface area contributed by atoms with Gasteiger partial charge in [0.15, 0.2) is 0 Å². The van der Waals surface area contributed by atoms with Gasteiger partial charge in [-0.15, -0.1) is 0 Å². The summed E-state index contributed by atoms with van der Waals surface area (Å²) in [5.41, 5.74) is -0.236. The number of nitrogens with zero attached hydrogens (tertiary/aromatic N) is 2. The van der Waals surface area contributed by atoms with E-state index in [0.29, 0.717) is 21.8 Å². The minimum Gasteiger partial charge on any atom is -0.508 e. The van der Waals surface area contributed by atoms with Gasteiger partial charge in [0.1, 0.15) is 17.1 Å². The van der Waals surface area contributed by atoms with Crippen LogP contribution in [0, 0.1) is 29.1 Å². The number of allylic oxidation sites excluding steroid dienone is 2. The van der Waals surface area contributed by atoms with Gasteiger partial charge in [0, 0.05) is 22.6 Å². The second kappa shape index (κ2) is 10.0. The third-order valence-electron chi connectivity index (χ3n) is 10.1. The summed E-state index contributed by atoms with van der Waals surface area (Å²) in [7, 11) is 0. The minimum absolute atomic E-state index is 0.0375. The lowest BCUT2D eigenvalue weighted by molar-refractivity contribution is -0.131. The fourth-order valence-electron chi connectivity index (χ4n) is 8.03. The predicted molar refractivity (Wildman–Crippen MR) is 162 cm³/mol. The van der Waals surface area contributed by atoms with Crippen molar-refractivity contribution in [2.75, 3.05) is 9.80 Å². The second-order valence-electron chi connectivity index (χ2n) is 12.2. The summed E-state index contributed by atoms with van der Waals surface area (Å²) < 4.78 is 0. The minimum atomic E-state index is -1.36. The van der Waals surface area contributed by atoms with Crippen molar-refractivity contribution in [2.45, 2.75) is 25.7 Å². The van der Waals surface area contributed by atoms with Crippen LogP contribution in [0.3, 0.4) is 0 Å². The molecule has 2 aliphatic carbocycles. The van der Waals surface area contributed by atoms with Gasteiger partial charge in [-0.3, -0.25) is 19.2 Å². The number of carbonyl (C=O) groups is 5. The van der Waals surface area contributed by atoms with E-state index in [2.05, 4.69) is 0 Å². The average Bonchev–Trinajstić information content (AvgIpc) is 3.38. The number of carboxylic acids is 1. The lowest BCUT2D eigenvalue weighted by atomic mass is 9.51. The Morgan fingerprint density at radius 2 is 1.58 bits per heavy atom. The fourth-order valence-corrected chi connectivity index (χ4v) is 8.21. The Kier molecular flexibility index (Phi) is 6.42. The molecular formula is C34H27ClN2O8. The van der Waals surface area contributed by atoms with Gasteiger partial charge in [0.2, 0.25) is 23.6 Å². The molecule has 0 aromatic heterocycles. The van der Waals surface area contributed by atoms with E-state index in [0.717, 1.165) is 17.0 Å². The van der Waals surface area contributed by atoms with Gasteiger partial charge in [-0.2, -0.15) is 0 Å². The Hall–Kier alpha value is -4.96. The first kappa shape index (κ1) is 28.8. The van der Waals surface area contributed by atoms with Gasteiger partial charge in [0.05, 0.1) is 34.5 Å². The number of aromatic hydroxyl groups is 2. The van der Waals surface area contributed by atoms with Crippen LogP contribution < -0.4 is 9.80 Å². The van der Waals surface area contributed by atoms with Crippen LogP contribution in [0.25, 0.3) is 0 Å². The average molecular weight is 627 g/mol. The van der Waals surface area contributed by atoms with E-state index >= 15 is 0 Å². The number of halogens is 1. The molecule has 6 unspecified atom stereocenters. The lowest BCUT2D eigenvalue weighted by Gasteiger charge is -2.49. The smallest absolute Gasteiger partial charge is 0.339 e. The Morgan fingerprint density at radius 3 is 2.27 bits per heavy atom. The highest BCUT2D eigenvalue weighted by Crippen LogP contribution is 2.64. The van der Waals surface area contributed by atoms with E-state index < -0.39 is 70.4 Å². The SMILES string of the molecule is CC12C(=O)N(c3ccccc3)C(=O)C1CC1C(=CCC3C(=O)N(c4ccc(C(=O)O)c(O)c4)C(=O)C31)C2c1cc(Cl)ccc1O. The number of amides is 4. The van der Waals surface area contributed by atoms with E-state index in [1.807, 2.05) is 6.08 Å². The van der Waals surface area contributed by atoms with E-state index in [1.54, 1.807) is 43.3 Å². The summed E-state index contributed by atoms with van der Waals surface area (Å²) in [4.78, 5) is 70.0. The first-order valence-corrected chi connectivity index (χ1v) is 14.9. The third-order valence-corrected chi connectivity index (χ3v) is 10.3. The van der Waals surface area contributed by atoms with Crippen LogP contribution >= 0.6 is 11.6 Å². The van der Waals surface area contributed by atoms with E-state index in [-0.39, 0.29) is 29.8 Å². The molecule has 3 fully saturated rings. The second-order valence-corrected chi connectivity index (χ2v) is 12.7. The van der Waals surface area contributed by atoms with Gasteiger partial charge >= 0.3 is 5.97 Å². The monoisotopic (exact) mass is 626 g/mol. The van der Waals surface area contributed by atoms with Crippen molar-refractivity contribution in [1.82, 2.24) is 0 Å². The van der Waals surface area contributed by atoms with Crippen LogP contribution in [-0.2, 0) is 19.2 Å². The molecule has 2 heterocycles. The topological polar surface area (TPSA) is 153 Å². The summed E-state index contributed by atoms with van der Waals surface area (Å²) in [6.45, 7) is 1.72. The molecule has 1 saturated carbocycles. The molecule has 4 aliphatic rings. The Balaban J connectivity index is 1.36. The number of phenolic OH excluding ortho intramolecular Hbond substituents is 1. The first-order chi connectivity index (χ1) is 21.4. The normalized spacial score (nSPS) is 28.9. The van der Waals surface area contributed by atoms with Crippen molar-refractivity contribution in [3.63, 3.8) is 0 Å². The largest absolute Gasteiger partial charge is 0.508 e. The van der Waals surface area contributed by atoms with Gasteiger partial charge in [-0.1, -0.05) is 41.4 Å². The number of aromatic carboxylic acids is 1. The number of para-hydroxylation sites is 1. The molecule has 2 saturated heterocycles. The maximum absolute atomic E-state index is 14.4. The number of anilines is 2. The molecule has 6 atom stereocenters. The standard InChI is InChI=1S/C34H27ClN2O8/c1-34-24(30(41)37(33(34)45)17-5-3-2-4-6-17)15-22-19(28(34)23-13-16(35)7-12-25(23)38)10-11-21-27(22)31(42)36(29(21)40)18-8-9-20(32(43)44)26(39)14-18/h2-10,12-14,21-22,24,27-28,38-39H,11,15H2,1H3,(H,43,44). The third kappa shape index (κ3) is 3.98. The van der Waals surface area contributed by atoms with Crippen molar-refractivity contribution < 1.29 is 39.3 Å². The van der Waals surface area contributed by atoms with Crippen LogP contribution in [0.1, 0.15) is 41.6 Å². The molecule has 0 bridgehead atoms. The van der Waals surface area contributed by atoms with Crippen molar-refractivity contribution in [3.8, 4) is 11.5 Å². The van der Waals surface area contributed by atoms with Crippen molar-refractivity contribution in [2.24, 2.45) is 29.1 Å². The molecule has 228 valence electrons. The highest BCUT2D eigenvalue weighted by Gasteiger charge is 2.68. The van der Waals surface area contributed by atoms with Crippen molar-refractivity contribution in [1.29, 1.82) is 0 Å². The molecule has 3 N–H and O–H groups in total. The zero-order chi connectivity index (χ0) is 31.9. The molecule has 0 spiro atoms. The summed E-state index contributed by atoms with van der Waals surface area (Å²) in [6, 6.07) is 16.6. The van der Waals surface area contributed by atoms with E-state index in [4.69, 9.17) is 11.6 Å². The Morgan fingerprint density at radius 1 is 0.844 bits per heavy atom. The lowest BCUT2D eigenvalue weighted by Crippen LogP contribution is -2.48. The number of hydrogen-bond donors (Lipinski definition) is 3. The summed E-state index contributed by atoms with van der Waals surface area (Å²) in [5.74, 6) is -7.98. The number of phenols is 2. The molecule has 0 radical (unpaired) electrons.